The quantitative estimate of drug-likeness (QED) is 0.511. The van der Waals surface area contributed by atoms with E-state index in [-0.39, 0.29) is 5.38 Å². The van der Waals surface area contributed by atoms with Crippen molar-refractivity contribution in [2.75, 3.05) is 0 Å². The number of allylic oxidation sites excluding steroid dienone is 2. The van der Waals surface area contributed by atoms with Gasteiger partial charge in [-0.1, -0.05) is 19.1 Å². The minimum atomic E-state index is -0.605. The van der Waals surface area contributed by atoms with Crippen molar-refractivity contribution in [3.05, 3.63) is 12.2 Å². The molecule has 0 bridgehead atoms. The third-order valence-electron chi connectivity index (χ3n) is 2.01. The Labute approximate surface area is 91.6 Å². The Bertz CT molecular complexity index is 157. The van der Waals surface area contributed by atoms with Gasteiger partial charge >= 0.3 is 0 Å². The molecule has 0 rings (SSSR count). The van der Waals surface area contributed by atoms with E-state index < -0.39 is 12.2 Å². The van der Waals surface area contributed by atoms with Crippen molar-refractivity contribution in [1.82, 2.24) is 0 Å². The van der Waals surface area contributed by atoms with Crippen molar-refractivity contribution in [3.63, 3.8) is 0 Å². The fourth-order valence-corrected chi connectivity index (χ4v) is 1.46. The zero-order chi connectivity index (χ0) is 11.0. The lowest BCUT2D eigenvalue weighted by molar-refractivity contribution is 0.0864. The third kappa shape index (κ3) is 7.36. The van der Waals surface area contributed by atoms with Crippen LogP contribution < -0.4 is 0 Å². The highest BCUT2D eigenvalue weighted by Crippen LogP contribution is 2.15. The van der Waals surface area contributed by atoms with Gasteiger partial charge in [0.1, 0.15) is 0 Å². The van der Waals surface area contributed by atoms with Crippen LogP contribution in [0.2, 0.25) is 0 Å². The van der Waals surface area contributed by atoms with E-state index in [0.29, 0.717) is 6.42 Å². The number of halogens is 1. The molecule has 0 unspecified atom stereocenters. The molecule has 2 nitrogen and oxygen atoms in total. The van der Waals surface area contributed by atoms with Gasteiger partial charge in [-0.15, -0.1) is 11.6 Å². The predicted molar refractivity (Wildman–Crippen MR) is 60.6 cm³/mol. The van der Waals surface area contributed by atoms with Gasteiger partial charge in [0, 0.05) is 6.42 Å². The Morgan fingerprint density at radius 3 is 2.43 bits per heavy atom. The second-order valence-electron chi connectivity index (χ2n) is 3.63. The van der Waals surface area contributed by atoms with Crippen molar-refractivity contribution in [2.24, 2.45) is 0 Å². The SMILES string of the molecule is CC/C=C/CC[C@@H](Cl)[C@@H](O)C[C@@H](C)O. The molecule has 0 radical (unpaired) electrons. The maximum absolute atomic E-state index is 9.53. The molecule has 3 atom stereocenters. The van der Waals surface area contributed by atoms with Crippen LogP contribution in [-0.4, -0.2) is 27.8 Å². The second-order valence-corrected chi connectivity index (χ2v) is 4.19. The number of rotatable bonds is 7. The fraction of sp³-hybridized carbons (Fsp3) is 0.818. The van der Waals surface area contributed by atoms with Gasteiger partial charge in [0.25, 0.3) is 0 Å². The van der Waals surface area contributed by atoms with Crippen molar-refractivity contribution in [1.29, 1.82) is 0 Å². The standard InChI is InChI=1S/C11H21ClO2/c1-3-4-5-6-7-10(12)11(14)8-9(2)13/h4-5,9-11,13-14H,3,6-8H2,1-2H3/b5-4+/t9-,10-,11+/m1/s1. The van der Waals surface area contributed by atoms with Crippen molar-refractivity contribution >= 4 is 11.6 Å². The summed E-state index contributed by atoms with van der Waals surface area (Å²) in [6.45, 7) is 3.74. The maximum atomic E-state index is 9.53. The van der Waals surface area contributed by atoms with Crippen LogP contribution in [0, 0.1) is 0 Å². The number of alkyl halides is 1. The van der Waals surface area contributed by atoms with E-state index in [1.807, 2.05) is 0 Å². The second kappa shape index (κ2) is 8.27. The molecular weight excluding hydrogens is 200 g/mol. The molecule has 0 amide bonds. The van der Waals surface area contributed by atoms with Crippen LogP contribution in [0.1, 0.15) is 39.5 Å². The van der Waals surface area contributed by atoms with E-state index in [2.05, 4.69) is 19.1 Å². The van der Waals surface area contributed by atoms with Crippen LogP contribution in [0.25, 0.3) is 0 Å². The van der Waals surface area contributed by atoms with E-state index in [1.54, 1.807) is 6.92 Å². The normalized spacial score (nSPS) is 18.4. The number of hydrogen-bond acceptors (Lipinski definition) is 2. The van der Waals surface area contributed by atoms with Gasteiger partial charge in [0.2, 0.25) is 0 Å². The molecule has 0 saturated carbocycles. The van der Waals surface area contributed by atoms with E-state index >= 15 is 0 Å². The molecule has 14 heavy (non-hydrogen) atoms. The van der Waals surface area contributed by atoms with Crippen LogP contribution in [0.15, 0.2) is 12.2 Å². The van der Waals surface area contributed by atoms with Crippen molar-refractivity contribution in [2.45, 2.75) is 57.1 Å². The summed E-state index contributed by atoms with van der Waals surface area (Å²) < 4.78 is 0. The first kappa shape index (κ1) is 13.9. The number of aliphatic hydroxyl groups excluding tert-OH is 2. The average molecular weight is 221 g/mol. The molecule has 0 aromatic carbocycles. The molecular formula is C11H21ClO2. The van der Waals surface area contributed by atoms with Gasteiger partial charge in [-0.2, -0.15) is 0 Å². The topological polar surface area (TPSA) is 40.5 Å². The highest BCUT2D eigenvalue weighted by Gasteiger charge is 2.17. The summed E-state index contributed by atoms with van der Waals surface area (Å²) in [5.41, 5.74) is 0. The lowest BCUT2D eigenvalue weighted by atomic mass is 10.1. The van der Waals surface area contributed by atoms with Gasteiger partial charge in [-0.05, 0) is 26.2 Å². The van der Waals surface area contributed by atoms with Crippen LogP contribution >= 0.6 is 11.6 Å². The molecule has 0 aliphatic carbocycles. The lowest BCUT2D eigenvalue weighted by Crippen LogP contribution is -2.24. The Balaban J connectivity index is 3.61. The Hall–Kier alpha value is -0.0500. The highest BCUT2D eigenvalue weighted by molar-refractivity contribution is 6.21. The van der Waals surface area contributed by atoms with Crippen LogP contribution in [0.3, 0.4) is 0 Å². The first-order valence-electron chi connectivity index (χ1n) is 5.23. The zero-order valence-corrected chi connectivity index (χ0v) is 9.74. The number of aliphatic hydroxyl groups is 2. The van der Waals surface area contributed by atoms with Gasteiger partial charge in [-0.25, -0.2) is 0 Å². The molecule has 3 heteroatoms. The fourth-order valence-electron chi connectivity index (χ4n) is 1.23. The minimum absolute atomic E-state index is 0.258. The lowest BCUT2D eigenvalue weighted by Gasteiger charge is -2.17. The Morgan fingerprint density at radius 1 is 1.29 bits per heavy atom. The summed E-state index contributed by atoms with van der Waals surface area (Å²) in [6, 6.07) is 0. The first-order valence-corrected chi connectivity index (χ1v) is 5.66. The van der Waals surface area contributed by atoms with Gasteiger partial charge in [0.15, 0.2) is 0 Å². The molecule has 2 N–H and O–H groups in total. The van der Waals surface area contributed by atoms with E-state index in [1.165, 1.54) is 0 Å². The molecule has 0 aliphatic rings. The molecule has 84 valence electrons. The summed E-state index contributed by atoms with van der Waals surface area (Å²) in [4.78, 5) is 0. The first-order chi connectivity index (χ1) is 6.57. The van der Waals surface area contributed by atoms with E-state index in [0.717, 1.165) is 19.3 Å². The average Bonchev–Trinajstić information content (AvgIpc) is 2.11. The molecule has 0 fully saturated rings. The molecule has 0 spiro atoms. The molecule has 0 saturated heterocycles. The summed E-state index contributed by atoms with van der Waals surface area (Å²) in [5, 5.41) is 18.3. The van der Waals surface area contributed by atoms with Crippen LogP contribution in [-0.2, 0) is 0 Å². The summed E-state index contributed by atoms with van der Waals surface area (Å²) in [7, 11) is 0. The maximum Gasteiger partial charge on any atom is 0.0728 e. The summed E-state index contributed by atoms with van der Waals surface area (Å²) >= 11 is 5.96. The van der Waals surface area contributed by atoms with Crippen LogP contribution in [0.4, 0.5) is 0 Å². The van der Waals surface area contributed by atoms with Gasteiger partial charge < -0.3 is 10.2 Å². The zero-order valence-electron chi connectivity index (χ0n) is 8.99. The summed E-state index contributed by atoms with van der Waals surface area (Å²) in [5.74, 6) is 0. The van der Waals surface area contributed by atoms with Crippen molar-refractivity contribution in [3.8, 4) is 0 Å². The molecule has 0 aromatic rings. The predicted octanol–water partition coefficient (Wildman–Crippen LogP) is 2.47. The van der Waals surface area contributed by atoms with Crippen molar-refractivity contribution < 1.29 is 10.2 Å². The summed E-state index contributed by atoms with van der Waals surface area (Å²) in [6.07, 6.45) is 6.10. The largest absolute Gasteiger partial charge is 0.393 e. The Kier molecular flexibility index (Phi) is 8.24. The molecule has 0 heterocycles. The van der Waals surface area contributed by atoms with E-state index in [9.17, 15) is 5.11 Å². The Morgan fingerprint density at radius 2 is 1.93 bits per heavy atom. The number of hydrogen-bond donors (Lipinski definition) is 2. The smallest absolute Gasteiger partial charge is 0.0728 e. The third-order valence-corrected chi connectivity index (χ3v) is 2.52. The van der Waals surface area contributed by atoms with Gasteiger partial charge in [-0.3, -0.25) is 0 Å². The van der Waals surface area contributed by atoms with Crippen LogP contribution in [0.5, 0.6) is 0 Å². The monoisotopic (exact) mass is 220 g/mol. The molecule has 0 aliphatic heterocycles. The van der Waals surface area contributed by atoms with Gasteiger partial charge in [0.05, 0.1) is 17.6 Å². The van der Waals surface area contributed by atoms with E-state index in [4.69, 9.17) is 16.7 Å². The highest BCUT2D eigenvalue weighted by atomic mass is 35.5. The molecule has 0 aromatic heterocycles. The minimum Gasteiger partial charge on any atom is -0.393 e.